The van der Waals surface area contributed by atoms with E-state index in [1.54, 1.807) is 10.9 Å². The largest absolute Gasteiger partial charge is 0.389 e. The Bertz CT molecular complexity index is 838. The van der Waals surface area contributed by atoms with E-state index in [0.717, 1.165) is 28.2 Å². The van der Waals surface area contributed by atoms with Gasteiger partial charge < -0.3 is 10.0 Å². The van der Waals surface area contributed by atoms with Gasteiger partial charge in [0.25, 0.3) is 0 Å². The molecule has 0 amide bonds. The van der Waals surface area contributed by atoms with Crippen LogP contribution >= 0.6 is 0 Å². The van der Waals surface area contributed by atoms with Crippen LogP contribution in [-0.2, 0) is 7.05 Å². The van der Waals surface area contributed by atoms with Crippen LogP contribution in [0.25, 0.3) is 22.6 Å². The Morgan fingerprint density at radius 1 is 1.23 bits per heavy atom. The van der Waals surface area contributed by atoms with E-state index in [2.05, 4.69) is 25.0 Å². The van der Waals surface area contributed by atoms with Crippen molar-refractivity contribution in [3.8, 4) is 11.5 Å². The number of rotatable bonds is 2. The predicted octanol–water partition coefficient (Wildman–Crippen LogP) is 0.915. The summed E-state index contributed by atoms with van der Waals surface area (Å²) in [7, 11) is 1.87. The summed E-state index contributed by atoms with van der Waals surface area (Å²) in [6.07, 6.45) is 1.44. The third-order valence-corrected chi connectivity index (χ3v) is 3.89. The number of aliphatic hydroxyl groups is 1. The van der Waals surface area contributed by atoms with Gasteiger partial charge in [-0.25, -0.2) is 9.97 Å². The maximum Gasteiger partial charge on any atom is 0.182 e. The topological polar surface area (TPSA) is 80.0 Å². The third kappa shape index (κ3) is 1.93. The van der Waals surface area contributed by atoms with Crippen molar-refractivity contribution in [3.05, 3.63) is 30.1 Å². The fourth-order valence-corrected chi connectivity index (χ4v) is 2.78. The lowest BCUT2D eigenvalue weighted by Gasteiger charge is -2.37. The summed E-state index contributed by atoms with van der Waals surface area (Å²) in [6, 6.07) is 5.67. The number of β-amino-alcohol motifs (C(OH)–C–C–N with tert-alkyl or cyclic N) is 1. The van der Waals surface area contributed by atoms with E-state index >= 15 is 0 Å². The first-order valence-electron chi connectivity index (χ1n) is 7.19. The van der Waals surface area contributed by atoms with Gasteiger partial charge in [0.15, 0.2) is 11.5 Å². The van der Waals surface area contributed by atoms with Crippen LogP contribution in [0.5, 0.6) is 0 Å². The summed E-state index contributed by atoms with van der Waals surface area (Å²) in [4.78, 5) is 15.7. The molecule has 0 saturated carbocycles. The molecule has 0 aliphatic carbocycles. The van der Waals surface area contributed by atoms with Crippen LogP contribution in [0.3, 0.4) is 0 Å². The first-order chi connectivity index (χ1) is 10.6. The van der Waals surface area contributed by atoms with Gasteiger partial charge in [-0.15, -0.1) is 0 Å². The minimum absolute atomic E-state index is 0.291. The molecule has 1 N–H and O–H groups in total. The summed E-state index contributed by atoms with van der Waals surface area (Å²) in [6.45, 7) is 3.12. The van der Waals surface area contributed by atoms with E-state index in [1.807, 2.05) is 32.2 Å². The number of nitrogens with zero attached hydrogens (tertiary/aromatic N) is 6. The van der Waals surface area contributed by atoms with Crippen molar-refractivity contribution >= 4 is 16.9 Å². The van der Waals surface area contributed by atoms with Crippen molar-refractivity contribution in [2.45, 2.75) is 13.0 Å². The van der Waals surface area contributed by atoms with Crippen molar-refractivity contribution in [3.63, 3.8) is 0 Å². The number of anilines is 1. The summed E-state index contributed by atoms with van der Waals surface area (Å²) in [5.41, 5.74) is 2.40. The molecule has 1 saturated heterocycles. The molecule has 0 spiro atoms. The van der Waals surface area contributed by atoms with Gasteiger partial charge in [0.05, 0.1) is 17.2 Å². The van der Waals surface area contributed by atoms with Crippen molar-refractivity contribution in [1.82, 2.24) is 24.7 Å². The van der Waals surface area contributed by atoms with Crippen LogP contribution in [0.4, 0.5) is 5.82 Å². The molecule has 1 aliphatic rings. The lowest BCUT2D eigenvalue weighted by atomic mass is 10.1. The minimum Gasteiger partial charge on any atom is -0.389 e. The first kappa shape index (κ1) is 13.1. The van der Waals surface area contributed by atoms with Gasteiger partial charge in [0, 0.05) is 26.3 Å². The van der Waals surface area contributed by atoms with Gasteiger partial charge in [-0.1, -0.05) is 6.07 Å². The number of hydrogen-bond donors (Lipinski definition) is 1. The third-order valence-electron chi connectivity index (χ3n) is 3.89. The molecule has 4 heterocycles. The molecule has 22 heavy (non-hydrogen) atoms. The average Bonchev–Trinajstić information content (AvgIpc) is 2.79. The second-order valence-corrected chi connectivity index (χ2v) is 5.55. The van der Waals surface area contributed by atoms with E-state index in [9.17, 15) is 5.11 Å². The van der Waals surface area contributed by atoms with Crippen molar-refractivity contribution in [1.29, 1.82) is 0 Å². The maximum absolute atomic E-state index is 9.59. The number of pyridine rings is 1. The van der Waals surface area contributed by atoms with E-state index in [1.165, 1.54) is 0 Å². The van der Waals surface area contributed by atoms with E-state index in [0.29, 0.717) is 18.9 Å². The van der Waals surface area contributed by atoms with Gasteiger partial charge in [0.1, 0.15) is 11.5 Å². The highest BCUT2D eigenvalue weighted by molar-refractivity contribution is 5.91. The highest BCUT2D eigenvalue weighted by Gasteiger charge is 2.29. The Balaban J connectivity index is 1.95. The quantitative estimate of drug-likeness (QED) is 0.757. The van der Waals surface area contributed by atoms with Gasteiger partial charge in [-0.05, 0) is 19.1 Å². The molecule has 0 unspecified atom stereocenters. The zero-order valence-corrected chi connectivity index (χ0v) is 12.4. The van der Waals surface area contributed by atoms with E-state index in [-0.39, 0.29) is 6.10 Å². The zero-order valence-electron chi connectivity index (χ0n) is 12.4. The highest BCUT2D eigenvalue weighted by Crippen LogP contribution is 2.31. The Morgan fingerprint density at radius 3 is 2.73 bits per heavy atom. The molecular formula is C15H16N6O. The Hall–Kier alpha value is -2.54. The molecule has 0 atom stereocenters. The maximum atomic E-state index is 9.59. The van der Waals surface area contributed by atoms with Crippen molar-refractivity contribution in [2.24, 2.45) is 7.05 Å². The molecule has 7 heteroatoms. The normalized spacial score (nSPS) is 15.3. The molecule has 3 aromatic rings. The van der Waals surface area contributed by atoms with Crippen LogP contribution < -0.4 is 4.90 Å². The van der Waals surface area contributed by atoms with Gasteiger partial charge in [-0.3, -0.25) is 9.67 Å². The van der Waals surface area contributed by atoms with Crippen LogP contribution in [0.15, 0.2) is 24.4 Å². The molecule has 1 fully saturated rings. The van der Waals surface area contributed by atoms with Gasteiger partial charge in [-0.2, -0.15) is 5.10 Å². The van der Waals surface area contributed by atoms with Crippen LogP contribution in [0.1, 0.15) is 5.69 Å². The Kier molecular flexibility index (Phi) is 2.83. The number of aromatic nitrogens is 5. The summed E-state index contributed by atoms with van der Waals surface area (Å²) in [5, 5.41) is 15.0. The molecule has 0 bridgehead atoms. The molecule has 112 valence electrons. The van der Waals surface area contributed by atoms with Crippen LogP contribution in [-0.4, -0.2) is 49.0 Å². The molecule has 0 aromatic carbocycles. The summed E-state index contributed by atoms with van der Waals surface area (Å²) >= 11 is 0. The lowest BCUT2D eigenvalue weighted by molar-refractivity contribution is 0.141. The second kappa shape index (κ2) is 4.74. The van der Waals surface area contributed by atoms with Crippen LogP contribution in [0.2, 0.25) is 0 Å². The van der Waals surface area contributed by atoms with Crippen molar-refractivity contribution in [2.75, 3.05) is 18.0 Å². The Labute approximate surface area is 127 Å². The number of fused-ring (bicyclic) bond motifs is 1. The summed E-state index contributed by atoms with van der Waals surface area (Å²) in [5.74, 6) is 1.40. The standard InChI is InChI=1S/C15H16N6O/c1-9-12-14(20(2)19-9)17-13(11-5-3-4-6-16-11)18-15(12)21-7-10(22)8-21/h3-6,10,22H,7-8H2,1-2H3. The lowest BCUT2D eigenvalue weighted by Crippen LogP contribution is -2.51. The van der Waals surface area contributed by atoms with Crippen molar-refractivity contribution < 1.29 is 5.11 Å². The second-order valence-electron chi connectivity index (χ2n) is 5.55. The molecule has 7 nitrogen and oxygen atoms in total. The number of hydrogen-bond acceptors (Lipinski definition) is 6. The molecule has 4 rings (SSSR count). The molecular weight excluding hydrogens is 280 g/mol. The minimum atomic E-state index is -0.291. The van der Waals surface area contributed by atoms with Gasteiger partial charge >= 0.3 is 0 Å². The fourth-order valence-electron chi connectivity index (χ4n) is 2.78. The monoisotopic (exact) mass is 296 g/mol. The smallest absolute Gasteiger partial charge is 0.182 e. The molecule has 3 aromatic heterocycles. The number of aryl methyl sites for hydroxylation is 2. The number of aliphatic hydroxyl groups excluding tert-OH is 1. The van der Waals surface area contributed by atoms with E-state index < -0.39 is 0 Å². The molecule has 1 aliphatic heterocycles. The van der Waals surface area contributed by atoms with Gasteiger partial charge in [0.2, 0.25) is 0 Å². The Morgan fingerprint density at radius 2 is 2.05 bits per heavy atom. The van der Waals surface area contributed by atoms with E-state index in [4.69, 9.17) is 0 Å². The highest BCUT2D eigenvalue weighted by atomic mass is 16.3. The average molecular weight is 296 g/mol. The predicted molar refractivity (Wildman–Crippen MR) is 82.5 cm³/mol. The molecule has 0 radical (unpaired) electrons. The fraction of sp³-hybridized carbons (Fsp3) is 0.333. The summed E-state index contributed by atoms with van der Waals surface area (Å²) < 4.78 is 1.76. The SMILES string of the molecule is Cc1nn(C)c2nc(-c3ccccn3)nc(N3CC(O)C3)c12. The van der Waals surface area contributed by atoms with Crippen LogP contribution in [0, 0.1) is 6.92 Å². The first-order valence-corrected chi connectivity index (χ1v) is 7.19. The zero-order chi connectivity index (χ0) is 15.3.